The number of aryl methyl sites for hydroxylation is 2. The van der Waals surface area contributed by atoms with Gasteiger partial charge in [-0.1, -0.05) is 49.7 Å². The second-order valence-electron chi connectivity index (χ2n) is 12.6. The maximum absolute atomic E-state index is 13.8. The van der Waals surface area contributed by atoms with Crippen LogP contribution in [0.4, 0.5) is 5.69 Å². The van der Waals surface area contributed by atoms with Gasteiger partial charge in [-0.25, -0.2) is 0 Å². The summed E-state index contributed by atoms with van der Waals surface area (Å²) in [6.45, 7) is 9.86. The van der Waals surface area contributed by atoms with E-state index in [1.54, 1.807) is 17.0 Å². The maximum atomic E-state index is 13.8. The van der Waals surface area contributed by atoms with Crippen LogP contribution in [-0.4, -0.2) is 65.1 Å². The molecule has 10 heteroatoms. The van der Waals surface area contributed by atoms with Crippen LogP contribution < -0.4 is 16.4 Å². The van der Waals surface area contributed by atoms with Crippen LogP contribution in [0.5, 0.6) is 0 Å². The fourth-order valence-electron chi connectivity index (χ4n) is 6.12. The quantitative estimate of drug-likeness (QED) is 0.395. The number of hydrogen-bond donors (Lipinski definition) is 3. The number of anilines is 1. The number of halogens is 1. The molecule has 2 heterocycles. The molecule has 9 nitrogen and oxygen atoms in total. The number of likely N-dealkylation sites (tertiary alicyclic amines) is 1. The number of piperidine rings is 1. The lowest BCUT2D eigenvalue weighted by molar-refractivity contribution is -0.144. The number of benzene rings is 2. The van der Waals surface area contributed by atoms with Gasteiger partial charge >= 0.3 is 0 Å². The molecule has 2 aromatic carbocycles. The van der Waals surface area contributed by atoms with E-state index >= 15 is 0 Å². The first-order chi connectivity index (χ1) is 20.4. The lowest BCUT2D eigenvalue weighted by Crippen LogP contribution is -2.56. The van der Waals surface area contributed by atoms with E-state index in [1.807, 2.05) is 43.0 Å². The van der Waals surface area contributed by atoms with Crippen molar-refractivity contribution >= 4 is 40.9 Å². The number of rotatable bonds is 9. The van der Waals surface area contributed by atoms with Crippen LogP contribution in [-0.2, 0) is 32.1 Å². The van der Waals surface area contributed by atoms with Crippen molar-refractivity contribution in [2.45, 2.75) is 84.8 Å². The zero-order valence-electron chi connectivity index (χ0n) is 25.7. The Labute approximate surface area is 259 Å². The molecule has 4 N–H and O–H groups in total. The third-order valence-corrected chi connectivity index (χ3v) is 9.07. The summed E-state index contributed by atoms with van der Waals surface area (Å²) < 4.78 is 0. The van der Waals surface area contributed by atoms with Gasteiger partial charge in [0.25, 0.3) is 0 Å². The van der Waals surface area contributed by atoms with Crippen LogP contribution in [0, 0.1) is 19.3 Å². The predicted octanol–water partition coefficient (Wildman–Crippen LogP) is 4.11. The highest BCUT2D eigenvalue weighted by atomic mass is 35.5. The molecule has 4 amide bonds. The summed E-state index contributed by atoms with van der Waals surface area (Å²) in [5.41, 5.74) is 10.1. The summed E-state index contributed by atoms with van der Waals surface area (Å²) in [5, 5.41) is 6.37. The van der Waals surface area contributed by atoms with Crippen molar-refractivity contribution in [3.05, 3.63) is 63.7 Å². The third-order valence-electron chi connectivity index (χ3n) is 8.47. The molecule has 0 bridgehead atoms. The minimum Gasteiger partial charge on any atom is -0.342 e. The molecule has 1 saturated heterocycles. The van der Waals surface area contributed by atoms with E-state index in [9.17, 15) is 19.2 Å². The number of nitrogens with zero attached hydrogens (tertiary/aromatic N) is 2. The summed E-state index contributed by atoms with van der Waals surface area (Å²) >= 11 is 6.28. The van der Waals surface area contributed by atoms with E-state index in [0.717, 1.165) is 35.1 Å². The molecule has 2 atom stereocenters. The van der Waals surface area contributed by atoms with Crippen molar-refractivity contribution in [3.8, 4) is 0 Å². The molecular formula is C33H44ClN5O4. The first kappa shape index (κ1) is 32.5. The normalized spacial score (nSPS) is 18.4. The molecule has 0 spiro atoms. The third kappa shape index (κ3) is 8.15. The minimum absolute atomic E-state index is 0.0176. The lowest BCUT2D eigenvalue weighted by atomic mass is 9.84. The molecule has 2 aromatic rings. The highest BCUT2D eigenvalue weighted by Crippen LogP contribution is 2.30. The summed E-state index contributed by atoms with van der Waals surface area (Å²) in [4.78, 5) is 57.0. The van der Waals surface area contributed by atoms with Gasteiger partial charge in [0.15, 0.2) is 0 Å². The average molecular weight is 610 g/mol. The summed E-state index contributed by atoms with van der Waals surface area (Å²) in [6, 6.07) is 9.56. The second-order valence-corrected chi connectivity index (χ2v) is 13.0. The number of carbonyl (C=O) groups excluding carboxylic acids is 4. The fourth-order valence-corrected chi connectivity index (χ4v) is 6.23. The molecule has 0 aromatic heterocycles. The maximum Gasteiger partial charge on any atom is 0.246 e. The van der Waals surface area contributed by atoms with Gasteiger partial charge in [0.2, 0.25) is 23.6 Å². The number of hydrogen-bond acceptors (Lipinski definition) is 5. The van der Waals surface area contributed by atoms with Crippen molar-refractivity contribution in [1.82, 2.24) is 15.1 Å². The largest absolute Gasteiger partial charge is 0.342 e. The van der Waals surface area contributed by atoms with Crippen molar-refractivity contribution in [2.24, 2.45) is 11.1 Å². The van der Waals surface area contributed by atoms with E-state index in [2.05, 4.69) is 24.5 Å². The second kappa shape index (κ2) is 13.9. The Morgan fingerprint density at radius 3 is 2.35 bits per heavy atom. The summed E-state index contributed by atoms with van der Waals surface area (Å²) in [5.74, 6) is -1.12. The van der Waals surface area contributed by atoms with Crippen LogP contribution in [0.25, 0.3) is 0 Å². The first-order valence-corrected chi connectivity index (χ1v) is 15.5. The topological polar surface area (TPSA) is 125 Å². The Kier molecular flexibility index (Phi) is 10.5. The van der Waals surface area contributed by atoms with Gasteiger partial charge in [-0.05, 0) is 79.5 Å². The van der Waals surface area contributed by atoms with E-state index in [-0.39, 0.29) is 49.6 Å². The molecule has 1 fully saturated rings. The molecular weight excluding hydrogens is 566 g/mol. The van der Waals surface area contributed by atoms with Gasteiger partial charge in [0.05, 0.1) is 0 Å². The van der Waals surface area contributed by atoms with Gasteiger partial charge in [0, 0.05) is 49.6 Å². The Hall–Kier alpha value is -3.43. The van der Waals surface area contributed by atoms with Crippen LogP contribution in [0.2, 0.25) is 5.02 Å². The zero-order valence-corrected chi connectivity index (χ0v) is 26.4. The number of nitrogens with one attached hydrogen (secondary N) is 2. The number of fused-ring (bicyclic) bond motifs is 1. The van der Waals surface area contributed by atoms with Crippen molar-refractivity contribution in [2.75, 3.05) is 25.0 Å². The van der Waals surface area contributed by atoms with Crippen LogP contribution in [0.15, 0.2) is 36.4 Å². The smallest absolute Gasteiger partial charge is 0.246 e. The summed E-state index contributed by atoms with van der Waals surface area (Å²) in [6.07, 6.45) is 2.67. The number of nitrogens with two attached hydrogens (primary N) is 1. The lowest BCUT2D eigenvalue weighted by Gasteiger charge is -2.38. The average Bonchev–Trinajstić information content (AvgIpc) is 2.96. The standard InChI is InChI=1S/C33H44ClN5O4/c1-21-16-25(17-22(2)30(21)34)36-31(42)26(12-14-35)37-32(43)27-18-23-8-5-6-9-24(23)19-39(27)29(41)11-10-28(40)38-15-7-13-33(3,4)20-38/h5-6,8-9,16-17,26-27H,7,10-15,18-20,35H2,1-4H3,(H,36,42)(H,37,43)/t26-,27-/m0/s1. The van der Waals surface area contributed by atoms with Gasteiger partial charge in [-0.2, -0.15) is 0 Å². The Morgan fingerprint density at radius 1 is 1.05 bits per heavy atom. The van der Waals surface area contributed by atoms with Crippen LogP contribution >= 0.6 is 11.6 Å². The molecule has 232 valence electrons. The van der Waals surface area contributed by atoms with E-state index in [4.69, 9.17) is 17.3 Å². The highest BCUT2D eigenvalue weighted by molar-refractivity contribution is 6.32. The van der Waals surface area contributed by atoms with Crippen LogP contribution in [0.3, 0.4) is 0 Å². The molecule has 0 unspecified atom stereocenters. The zero-order chi connectivity index (χ0) is 31.3. The van der Waals surface area contributed by atoms with Gasteiger partial charge in [-0.3, -0.25) is 19.2 Å². The van der Waals surface area contributed by atoms with E-state index < -0.39 is 23.9 Å². The van der Waals surface area contributed by atoms with E-state index in [1.165, 1.54) is 0 Å². The first-order valence-electron chi connectivity index (χ1n) is 15.1. The molecule has 0 radical (unpaired) electrons. The predicted molar refractivity (Wildman–Crippen MR) is 168 cm³/mol. The summed E-state index contributed by atoms with van der Waals surface area (Å²) in [7, 11) is 0. The SMILES string of the molecule is Cc1cc(NC(=O)[C@H](CCN)NC(=O)[C@@H]2Cc3ccccc3CN2C(=O)CCC(=O)N2CCCC(C)(C)C2)cc(C)c1Cl. The van der Waals surface area contributed by atoms with Gasteiger partial charge in [-0.15, -0.1) is 0 Å². The highest BCUT2D eigenvalue weighted by Gasteiger charge is 2.37. The number of carbonyl (C=O) groups is 4. The molecule has 2 aliphatic rings. The van der Waals surface area contributed by atoms with Crippen LogP contribution in [0.1, 0.15) is 68.2 Å². The number of amides is 4. The van der Waals surface area contributed by atoms with Crippen molar-refractivity contribution in [1.29, 1.82) is 0 Å². The molecule has 0 aliphatic carbocycles. The molecule has 0 saturated carbocycles. The Morgan fingerprint density at radius 2 is 1.70 bits per heavy atom. The van der Waals surface area contributed by atoms with E-state index in [0.29, 0.717) is 30.2 Å². The minimum atomic E-state index is -0.896. The van der Waals surface area contributed by atoms with Crippen molar-refractivity contribution < 1.29 is 19.2 Å². The monoisotopic (exact) mass is 609 g/mol. The van der Waals surface area contributed by atoms with Gasteiger partial charge < -0.3 is 26.2 Å². The van der Waals surface area contributed by atoms with Gasteiger partial charge in [0.1, 0.15) is 12.1 Å². The van der Waals surface area contributed by atoms with Crippen molar-refractivity contribution in [3.63, 3.8) is 0 Å². The molecule has 4 rings (SSSR count). The molecule has 43 heavy (non-hydrogen) atoms. The molecule has 2 aliphatic heterocycles. The Bertz CT molecular complexity index is 1350. The Balaban J connectivity index is 1.47. The fraction of sp³-hybridized carbons (Fsp3) is 0.515.